The van der Waals surface area contributed by atoms with Crippen molar-refractivity contribution in [1.82, 2.24) is 20.5 Å². The van der Waals surface area contributed by atoms with Gasteiger partial charge in [0, 0.05) is 11.6 Å². The van der Waals surface area contributed by atoms with E-state index in [9.17, 15) is 24.3 Å². The van der Waals surface area contributed by atoms with E-state index < -0.39 is 42.2 Å². The maximum Gasteiger partial charge on any atom is 0.310 e. The fraction of sp³-hybridized carbons (Fsp3) is 0.480. The lowest BCUT2D eigenvalue weighted by Gasteiger charge is -2.44. The zero-order valence-corrected chi connectivity index (χ0v) is 19.6. The summed E-state index contributed by atoms with van der Waals surface area (Å²) in [5, 5.41) is 16.9. The van der Waals surface area contributed by atoms with Crippen LogP contribution in [0.3, 0.4) is 0 Å². The van der Waals surface area contributed by atoms with E-state index in [1.807, 2.05) is 30.3 Å². The SMILES string of the molecule is O=C1C[C@H](NC(=O)[C@@H]2COC[C@@H]3CCCC[C@H](NC(=O)c4nccc5ccccc45)C(=O)N32)C(O)O1. The normalized spacial score (nSPS) is 28.6. The number of aliphatic hydroxyl groups excluding tert-OH is 1. The second kappa shape index (κ2) is 10.2. The van der Waals surface area contributed by atoms with Gasteiger partial charge in [-0.25, -0.2) is 0 Å². The number of aromatic nitrogens is 1. The summed E-state index contributed by atoms with van der Waals surface area (Å²) in [7, 11) is 0. The summed E-state index contributed by atoms with van der Waals surface area (Å²) in [4.78, 5) is 57.3. The van der Waals surface area contributed by atoms with Crippen molar-refractivity contribution in [2.75, 3.05) is 13.2 Å². The molecule has 0 bridgehead atoms. The first kappa shape index (κ1) is 24.1. The predicted octanol–water partition coefficient (Wildman–Crippen LogP) is 0.253. The molecule has 190 valence electrons. The number of cyclic esters (lactones) is 1. The van der Waals surface area contributed by atoms with Crippen molar-refractivity contribution < 1.29 is 33.8 Å². The van der Waals surface area contributed by atoms with Gasteiger partial charge >= 0.3 is 5.97 Å². The zero-order valence-electron chi connectivity index (χ0n) is 19.6. The number of pyridine rings is 1. The Balaban J connectivity index is 1.36. The van der Waals surface area contributed by atoms with E-state index in [1.54, 1.807) is 6.20 Å². The summed E-state index contributed by atoms with van der Waals surface area (Å²) in [5.41, 5.74) is 0.232. The largest absolute Gasteiger partial charge is 0.434 e. The van der Waals surface area contributed by atoms with E-state index in [-0.39, 0.29) is 37.3 Å². The molecule has 3 amide bonds. The zero-order chi connectivity index (χ0) is 25.2. The number of benzene rings is 1. The van der Waals surface area contributed by atoms with Gasteiger partial charge in [-0.05, 0) is 24.3 Å². The Morgan fingerprint density at radius 3 is 2.67 bits per heavy atom. The molecular weight excluding hydrogens is 468 g/mol. The number of hydrogen-bond acceptors (Lipinski definition) is 8. The topological polar surface area (TPSA) is 147 Å². The highest BCUT2D eigenvalue weighted by Gasteiger charge is 2.44. The molecular formula is C25H28N4O7. The molecule has 1 aromatic heterocycles. The van der Waals surface area contributed by atoms with Crippen molar-refractivity contribution in [2.24, 2.45) is 0 Å². The molecule has 3 saturated heterocycles. The third-order valence-electron chi connectivity index (χ3n) is 6.96. The van der Waals surface area contributed by atoms with E-state index in [0.717, 1.165) is 18.2 Å². The van der Waals surface area contributed by atoms with Crippen LogP contribution in [0.15, 0.2) is 36.5 Å². The minimum Gasteiger partial charge on any atom is -0.434 e. The van der Waals surface area contributed by atoms with Crippen molar-refractivity contribution in [3.8, 4) is 0 Å². The lowest BCUT2D eigenvalue weighted by Crippen LogP contribution is -2.65. The summed E-state index contributed by atoms with van der Waals surface area (Å²) in [6.07, 6.45) is 2.58. The average Bonchev–Trinajstić information content (AvgIpc) is 3.19. The van der Waals surface area contributed by atoms with Crippen LogP contribution in [0, 0.1) is 0 Å². The summed E-state index contributed by atoms with van der Waals surface area (Å²) in [6.45, 7) is 0.256. The number of carbonyl (C=O) groups is 4. The number of nitrogens with one attached hydrogen (secondary N) is 2. The quantitative estimate of drug-likeness (QED) is 0.511. The van der Waals surface area contributed by atoms with Crippen LogP contribution in [-0.2, 0) is 23.9 Å². The van der Waals surface area contributed by atoms with Crippen molar-refractivity contribution in [3.63, 3.8) is 0 Å². The highest BCUT2D eigenvalue weighted by atomic mass is 16.6. The Kier molecular flexibility index (Phi) is 6.84. The van der Waals surface area contributed by atoms with Crippen LogP contribution in [0.4, 0.5) is 0 Å². The van der Waals surface area contributed by atoms with Crippen molar-refractivity contribution in [2.45, 2.75) is 62.6 Å². The fourth-order valence-corrected chi connectivity index (χ4v) is 5.13. The van der Waals surface area contributed by atoms with Gasteiger partial charge in [-0.3, -0.25) is 24.2 Å². The number of morpholine rings is 1. The Morgan fingerprint density at radius 1 is 1.06 bits per heavy atom. The molecule has 1 unspecified atom stereocenters. The Bertz CT molecular complexity index is 1180. The third kappa shape index (κ3) is 4.76. The molecule has 0 spiro atoms. The monoisotopic (exact) mass is 496 g/mol. The van der Waals surface area contributed by atoms with Gasteiger partial charge in [0.15, 0.2) is 0 Å². The first-order valence-electron chi connectivity index (χ1n) is 12.1. The molecule has 5 rings (SSSR count). The van der Waals surface area contributed by atoms with Gasteiger partial charge in [0.25, 0.3) is 5.91 Å². The number of hydrogen-bond donors (Lipinski definition) is 3. The van der Waals surface area contributed by atoms with Crippen molar-refractivity contribution in [1.29, 1.82) is 0 Å². The molecule has 0 radical (unpaired) electrons. The summed E-state index contributed by atoms with van der Waals surface area (Å²) in [5.74, 6) is -1.98. The van der Waals surface area contributed by atoms with Crippen LogP contribution in [0.1, 0.15) is 42.6 Å². The van der Waals surface area contributed by atoms with Gasteiger partial charge in [0.05, 0.1) is 25.7 Å². The Hall–Kier alpha value is -3.57. The third-order valence-corrected chi connectivity index (χ3v) is 6.96. The minimum atomic E-state index is -1.44. The number of nitrogens with zero attached hydrogens (tertiary/aromatic N) is 2. The lowest BCUT2D eigenvalue weighted by molar-refractivity contribution is -0.160. The molecule has 1 aromatic carbocycles. The number of ether oxygens (including phenoxy) is 2. The number of fused-ring (bicyclic) bond motifs is 2. The first-order chi connectivity index (χ1) is 17.4. The predicted molar refractivity (Wildman–Crippen MR) is 125 cm³/mol. The summed E-state index contributed by atoms with van der Waals surface area (Å²) in [6, 6.07) is 6.17. The lowest BCUT2D eigenvalue weighted by atomic mass is 9.95. The van der Waals surface area contributed by atoms with E-state index in [4.69, 9.17) is 9.47 Å². The summed E-state index contributed by atoms with van der Waals surface area (Å²) >= 11 is 0. The number of carbonyl (C=O) groups excluding carboxylic acids is 4. The van der Waals surface area contributed by atoms with Gasteiger partial charge in [0.1, 0.15) is 23.8 Å². The van der Waals surface area contributed by atoms with Crippen LogP contribution >= 0.6 is 0 Å². The smallest absolute Gasteiger partial charge is 0.310 e. The Morgan fingerprint density at radius 2 is 1.86 bits per heavy atom. The molecule has 0 saturated carbocycles. The van der Waals surface area contributed by atoms with E-state index in [0.29, 0.717) is 18.2 Å². The number of esters is 1. The van der Waals surface area contributed by atoms with Crippen molar-refractivity contribution in [3.05, 3.63) is 42.2 Å². The molecule has 11 nitrogen and oxygen atoms in total. The molecule has 3 aliphatic rings. The first-order valence-corrected chi connectivity index (χ1v) is 12.1. The molecule has 36 heavy (non-hydrogen) atoms. The number of aliphatic hydroxyl groups is 1. The van der Waals surface area contributed by atoms with Crippen LogP contribution in [0.25, 0.3) is 10.8 Å². The van der Waals surface area contributed by atoms with Crippen LogP contribution < -0.4 is 10.6 Å². The molecule has 3 aliphatic heterocycles. The van der Waals surface area contributed by atoms with Crippen LogP contribution in [0.2, 0.25) is 0 Å². The Labute approximate surface area is 207 Å². The second-order valence-electron chi connectivity index (χ2n) is 9.34. The molecule has 0 aliphatic carbocycles. The fourth-order valence-electron chi connectivity index (χ4n) is 5.13. The standard InChI is InChI=1S/C25H28N4O7/c30-20-11-18(25(34)36-20)28-22(31)19-13-35-12-15-6-2-4-8-17(24(33)29(15)19)27-23(32)21-16-7-3-1-5-14(16)9-10-26-21/h1,3,5,7,9-10,15,17-19,25,34H,2,4,6,8,11-13H2,(H,27,32)(H,28,31)/t15-,17-,18-,19-,25?/m0/s1. The number of amides is 3. The second-order valence-corrected chi connectivity index (χ2v) is 9.34. The van der Waals surface area contributed by atoms with E-state index in [2.05, 4.69) is 15.6 Å². The van der Waals surface area contributed by atoms with Gasteiger partial charge in [-0.2, -0.15) is 0 Å². The van der Waals surface area contributed by atoms with E-state index in [1.165, 1.54) is 4.90 Å². The van der Waals surface area contributed by atoms with Gasteiger partial charge < -0.3 is 30.1 Å². The van der Waals surface area contributed by atoms with Gasteiger partial charge in [-0.15, -0.1) is 0 Å². The van der Waals surface area contributed by atoms with Crippen molar-refractivity contribution >= 4 is 34.5 Å². The van der Waals surface area contributed by atoms with E-state index >= 15 is 0 Å². The molecule has 11 heteroatoms. The van der Waals surface area contributed by atoms with Crippen LogP contribution in [0.5, 0.6) is 0 Å². The molecule has 5 atom stereocenters. The molecule has 2 aromatic rings. The molecule has 3 fully saturated rings. The maximum absolute atomic E-state index is 13.8. The number of rotatable bonds is 4. The molecule has 4 heterocycles. The maximum atomic E-state index is 13.8. The minimum absolute atomic E-state index is 0.0305. The molecule has 3 N–H and O–H groups in total. The van der Waals surface area contributed by atoms with Crippen LogP contribution in [-0.4, -0.2) is 82.4 Å². The highest BCUT2D eigenvalue weighted by Crippen LogP contribution is 2.25. The summed E-state index contributed by atoms with van der Waals surface area (Å²) < 4.78 is 10.3. The van der Waals surface area contributed by atoms with Gasteiger partial charge in [-0.1, -0.05) is 37.1 Å². The average molecular weight is 497 g/mol. The highest BCUT2D eigenvalue weighted by molar-refractivity contribution is 6.06. The van der Waals surface area contributed by atoms with Gasteiger partial charge in [0.2, 0.25) is 18.1 Å².